The van der Waals surface area contributed by atoms with Crippen molar-refractivity contribution in [2.24, 2.45) is 0 Å². The molecule has 0 amide bonds. The Morgan fingerprint density at radius 1 is 0.833 bits per heavy atom. The van der Waals surface area contributed by atoms with Gasteiger partial charge in [0.2, 0.25) is 0 Å². The first-order valence-electron chi connectivity index (χ1n) is 7.56. The van der Waals surface area contributed by atoms with Gasteiger partial charge in [0.15, 0.2) is 0 Å². The van der Waals surface area contributed by atoms with Gasteiger partial charge in [-0.2, -0.15) is 13.2 Å². The Balaban J connectivity index is 2.23. The fourth-order valence-corrected chi connectivity index (χ4v) is 3.05. The van der Waals surface area contributed by atoms with Crippen molar-refractivity contribution < 1.29 is 22.6 Å². The molecule has 0 heterocycles. The van der Waals surface area contributed by atoms with Crippen LogP contribution < -0.4 is 9.47 Å². The first-order chi connectivity index (χ1) is 11.4. The second kappa shape index (κ2) is 6.23. The quantitative estimate of drug-likeness (QED) is 0.785. The number of aryl methyl sites for hydroxylation is 1. The Morgan fingerprint density at radius 2 is 1.46 bits per heavy atom. The SMILES string of the molecule is COc1ccc(C2=C(C(F)(F)F)CCc3ccc(OC)cc32)cc1. The second-order valence-corrected chi connectivity index (χ2v) is 5.60. The molecule has 0 radical (unpaired) electrons. The fraction of sp³-hybridized carbons (Fsp3) is 0.263. The number of methoxy groups -OCH3 is 2. The van der Waals surface area contributed by atoms with E-state index in [-0.39, 0.29) is 12.0 Å². The van der Waals surface area contributed by atoms with Gasteiger partial charge >= 0.3 is 6.18 Å². The van der Waals surface area contributed by atoms with Crippen molar-refractivity contribution in [3.05, 3.63) is 64.7 Å². The number of fused-ring (bicyclic) bond motifs is 1. The maximum atomic E-state index is 13.6. The first-order valence-corrected chi connectivity index (χ1v) is 7.56. The Hall–Kier alpha value is -2.43. The fourth-order valence-electron chi connectivity index (χ4n) is 3.05. The van der Waals surface area contributed by atoms with Crippen LogP contribution in [0.25, 0.3) is 5.57 Å². The van der Waals surface area contributed by atoms with E-state index in [4.69, 9.17) is 9.47 Å². The molecule has 0 saturated heterocycles. The normalized spacial score (nSPS) is 14.4. The lowest BCUT2D eigenvalue weighted by atomic mass is 9.82. The van der Waals surface area contributed by atoms with E-state index in [1.54, 1.807) is 36.4 Å². The van der Waals surface area contributed by atoms with E-state index in [0.717, 1.165) is 5.56 Å². The zero-order valence-corrected chi connectivity index (χ0v) is 13.4. The molecule has 2 nitrogen and oxygen atoms in total. The van der Waals surface area contributed by atoms with Gasteiger partial charge in [-0.1, -0.05) is 18.2 Å². The number of halogens is 3. The third-order valence-corrected chi connectivity index (χ3v) is 4.25. The van der Waals surface area contributed by atoms with Crippen LogP contribution in [0.1, 0.15) is 23.1 Å². The van der Waals surface area contributed by atoms with E-state index in [0.29, 0.717) is 29.0 Å². The van der Waals surface area contributed by atoms with Gasteiger partial charge in [-0.3, -0.25) is 0 Å². The van der Waals surface area contributed by atoms with Crippen molar-refractivity contribution >= 4 is 5.57 Å². The number of ether oxygens (including phenoxy) is 2. The number of benzene rings is 2. The van der Waals surface area contributed by atoms with Crippen molar-refractivity contribution in [3.8, 4) is 11.5 Å². The highest BCUT2D eigenvalue weighted by atomic mass is 19.4. The van der Waals surface area contributed by atoms with Gasteiger partial charge in [-0.05, 0) is 59.4 Å². The molecule has 126 valence electrons. The molecule has 0 bridgehead atoms. The number of hydrogen-bond donors (Lipinski definition) is 0. The third kappa shape index (κ3) is 2.98. The van der Waals surface area contributed by atoms with Crippen LogP contribution in [0.4, 0.5) is 13.2 Å². The van der Waals surface area contributed by atoms with Crippen molar-refractivity contribution in [1.82, 2.24) is 0 Å². The summed E-state index contributed by atoms with van der Waals surface area (Å²) in [7, 11) is 3.03. The lowest BCUT2D eigenvalue weighted by molar-refractivity contribution is -0.0934. The van der Waals surface area contributed by atoms with Crippen LogP contribution in [0.3, 0.4) is 0 Å². The minimum absolute atomic E-state index is 0.0236. The summed E-state index contributed by atoms with van der Waals surface area (Å²) >= 11 is 0. The standard InChI is InChI=1S/C19H17F3O2/c1-23-14-7-4-13(5-8-14)18-16-11-15(24-2)9-3-12(16)6-10-17(18)19(20,21)22/h3-5,7-9,11H,6,10H2,1-2H3. The van der Waals surface area contributed by atoms with Gasteiger partial charge in [0, 0.05) is 5.57 Å². The summed E-state index contributed by atoms with van der Waals surface area (Å²) in [6, 6.07) is 12.0. The predicted molar refractivity (Wildman–Crippen MR) is 86.4 cm³/mol. The minimum atomic E-state index is -4.37. The molecule has 0 N–H and O–H groups in total. The molecule has 0 aromatic heterocycles. The molecule has 24 heavy (non-hydrogen) atoms. The van der Waals surface area contributed by atoms with E-state index >= 15 is 0 Å². The summed E-state index contributed by atoms with van der Waals surface area (Å²) in [5.41, 5.74) is 1.74. The maximum absolute atomic E-state index is 13.6. The van der Waals surface area contributed by atoms with Crippen molar-refractivity contribution in [2.45, 2.75) is 19.0 Å². The minimum Gasteiger partial charge on any atom is -0.497 e. The molecule has 1 aliphatic carbocycles. The smallest absolute Gasteiger partial charge is 0.413 e. The van der Waals surface area contributed by atoms with E-state index in [9.17, 15) is 13.2 Å². The van der Waals surface area contributed by atoms with Crippen LogP contribution in [0.5, 0.6) is 11.5 Å². The van der Waals surface area contributed by atoms with E-state index in [2.05, 4.69) is 0 Å². The van der Waals surface area contributed by atoms with Crippen LogP contribution in [0, 0.1) is 0 Å². The number of rotatable bonds is 3. The molecule has 1 aliphatic rings. The van der Waals surface area contributed by atoms with Crippen molar-refractivity contribution in [2.75, 3.05) is 14.2 Å². The Labute approximate surface area is 138 Å². The Bertz CT molecular complexity index is 774. The van der Waals surface area contributed by atoms with E-state index in [1.807, 2.05) is 6.07 Å². The molecule has 0 unspecified atom stereocenters. The van der Waals surface area contributed by atoms with Gasteiger partial charge in [-0.15, -0.1) is 0 Å². The summed E-state index contributed by atoms with van der Waals surface area (Å²) in [6.07, 6.45) is -4.02. The highest BCUT2D eigenvalue weighted by Gasteiger charge is 2.38. The summed E-state index contributed by atoms with van der Waals surface area (Å²) in [4.78, 5) is 0. The average molecular weight is 334 g/mol. The van der Waals surface area contributed by atoms with Gasteiger partial charge in [0.25, 0.3) is 0 Å². The molecule has 0 atom stereocenters. The molecule has 0 saturated carbocycles. The Morgan fingerprint density at radius 3 is 2.04 bits per heavy atom. The molecular formula is C19H17F3O2. The summed E-state index contributed by atoms with van der Waals surface area (Å²) < 4.78 is 51.1. The van der Waals surface area contributed by atoms with Crippen LogP contribution in [0.15, 0.2) is 48.0 Å². The van der Waals surface area contributed by atoms with Gasteiger partial charge < -0.3 is 9.47 Å². The molecule has 5 heteroatoms. The number of allylic oxidation sites excluding steroid dienone is 1. The lowest BCUT2D eigenvalue weighted by Gasteiger charge is -2.26. The zero-order valence-electron chi connectivity index (χ0n) is 13.4. The van der Waals surface area contributed by atoms with Crippen molar-refractivity contribution in [1.29, 1.82) is 0 Å². The van der Waals surface area contributed by atoms with Crippen LogP contribution in [0.2, 0.25) is 0 Å². The average Bonchev–Trinajstić information content (AvgIpc) is 2.59. The largest absolute Gasteiger partial charge is 0.497 e. The predicted octanol–water partition coefficient (Wildman–Crippen LogP) is 5.01. The maximum Gasteiger partial charge on any atom is 0.413 e. The van der Waals surface area contributed by atoms with Crippen LogP contribution >= 0.6 is 0 Å². The molecule has 0 fully saturated rings. The number of hydrogen-bond acceptors (Lipinski definition) is 2. The summed E-state index contributed by atoms with van der Waals surface area (Å²) in [6.45, 7) is 0. The highest BCUT2D eigenvalue weighted by molar-refractivity contribution is 5.86. The van der Waals surface area contributed by atoms with Gasteiger partial charge in [0.1, 0.15) is 11.5 Å². The monoisotopic (exact) mass is 334 g/mol. The molecule has 0 spiro atoms. The summed E-state index contributed by atoms with van der Waals surface area (Å²) in [5, 5.41) is 0. The third-order valence-electron chi connectivity index (χ3n) is 4.25. The Kier molecular flexibility index (Phi) is 4.26. The van der Waals surface area contributed by atoms with Crippen LogP contribution in [-0.4, -0.2) is 20.4 Å². The molecular weight excluding hydrogens is 317 g/mol. The van der Waals surface area contributed by atoms with Gasteiger partial charge in [-0.25, -0.2) is 0 Å². The van der Waals surface area contributed by atoms with Gasteiger partial charge in [0.05, 0.1) is 14.2 Å². The zero-order chi connectivity index (χ0) is 17.3. The van der Waals surface area contributed by atoms with Crippen LogP contribution in [-0.2, 0) is 6.42 Å². The topological polar surface area (TPSA) is 18.5 Å². The second-order valence-electron chi connectivity index (χ2n) is 5.60. The first kappa shape index (κ1) is 16.4. The molecule has 3 rings (SSSR count). The summed E-state index contributed by atoms with van der Waals surface area (Å²) in [5.74, 6) is 1.15. The number of alkyl halides is 3. The van der Waals surface area contributed by atoms with Crippen molar-refractivity contribution in [3.63, 3.8) is 0 Å². The molecule has 2 aromatic rings. The van der Waals surface area contributed by atoms with E-state index in [1.165, 1.54) is 14.2 Å². The highest BCUT2D eigenvalue weighted by Crippen LogP contribution is 2.44. The molecule has 2 aromatic carbocycles. The lowest BCUT2D eigenvalue weighted by Crippen LogP contribution is -2.19. The van der Waals surface area contributed by atoms with E-state index < -0.39 is 11.7 Å². The molecule has 0 aliphatic heterocycles.